The van der Waals surface area contributed by atoms with Crippen LogP contribution in [0.5, 0.6) is 17.2 Å². The van der Waals surface area contributed by atoms with Gasteiger partial charge in [-0.2, -0.15) is 0 Å². The summed E-state index contributed by atoms with van der Waals surface area (Å²) in [4.78, 5) is 0. The first-order valence-corrected chi connectivity index (χ1v) is 12.6. The maximum Gasteiger partial charge on any atom is 0.367 e. The quantitative estimate of drug-likeness (QED) is 0.250. The van der Waals surface area contributed by atoms with E-state index >= 15 is 0 Å². The van der Waals surface area contributed by atoms with E-state index in [-0.39, 0.29) is 18.7 Å². The lowest BCUT2D eigenvalue weighted by Gasteiger charge is -2.17. The van der Waals surface area contributed by atoms with Gasteiger partial charge in [0.15, 0.2) is 6.35 Å². The number of aliphatic hydroxyl groups excluding tert-OH is 1. The summed E-state index contributed by atoms with van der Waals surface area (Å²) in [5.74, 6) is 1.32. The second kappa shape index (κ2) is 14.1. The van der Waals surface area contributed by atoms with Crippen molar-refractivity contribution in [1.29, 1.82) is 0 Å². The number of aliphatic hydroxyl groups is 1. The van der Waals surface area contributed by atoms with Gasteiger partial charge in [-0.1, -0.05) is 12.1 Å². The van der Waals surface area contributed by atoms with E-state index < -0.39 is 7.60 Å². The van der Waals surface area contributed by atoms with E-state index in [0.717, 1.165) is 25.9 Å². The number of aromatic hydroxyl groups is 1. The van der Waals surface area contributed by atoms with Crippen LogP contribution in [0.2, 0.25) is 0 Å². The SMILES string of the molecule is CCOP(=O)(COc1ccc(CCNCCCOc2ccc(O)c(CO)c2)cc1)OCC. The molecule has 8 nitrogen and oxygen atoms in total. The molecule has 0 heterocycles. The monoisotopic (exact) mass is 467 g/mol. The Hall–Kier alpha value is -2.09. The van der Waals surface area contributed by atoms with Gasteiger partial charge in [0.2, 0.25) is 0 Å². The Morgan fingerprint density at radius 3 is 2.28 bits per heavy atom. The van der Waals surface area contributed by atoms with Gasteiger partial charge in [0, 0.05) is 5.56 Å². The Bertz CT molecular complexity index is 835. The van der Waals surface area contributed by atoms with Gasteiger partial charge in [-0.25, -0.2) is 0 Å². The summed E-state index contributed by atoms with van der Waals surface area (Å²) >= 11 is 0. The molecule has 0 bridgehead atoms. The zero-order chi connectivity index (χ0) is 23.2. The molecule has 178 valence electrons. The summed E-state index contributed by atoms with van der Waals surface area (Å²) in [6, 6.07) is 12.5. The van der Waals surface area contributed by atoms with Gasteiger partial charge in [-0.3, -0.25) is 4.57 Å². The minimum atomic E-state index is -3.22. The van der Waals surface area contributed by atoms with Crippen LogP contribution in [-0.4, -0.2) is 49.5 Å². The van der Waals surface area contributed by atoms with Crippen LogP contribution >= 0.6 is 7.60 Å². The highest BCUT2D eigenvalue weighted by Gasteiger charge is 2.24. The van der Waals surface area contributed by atoms with Gasteiger partial charge in [0.1, 0.15) is 17.2 Å². The van der Waals surface area contributed by atoms with Crippen molar-refractivity contribution in [2.45, 2.75) is 33.3 Å². The molecule has 0 aromatic heterocycles. The van der Waals surface area contributed by atoms with Gasteiger partial charge in [-0.05, 0) is 75.7 Å². The summed E-state index contributed by atoms with van der Waals surface area (Å²) in [5, 5.41) is 22.1. The van der Waals surface area contributed by atoms with Crippen LogP contribution < -0.4 is 14.8 Å². The highest BCUT2D eigenvalue weighted by molar-refractivity contribution is 7.53. The van der Waals surface area contributed by atoms with Crippen molar-refractivity contribution in [1.82, 2.24) is 5.32 Å². The fourth-order valence-corrected chi connectivity index (χ4v) is 4.25. The van der Waals surface area contributed by atoms with Gasteiger partial charge >= 0.3 is 7.60 Å². The molecule has 0 fully saturated rings. The van der Waals surface area contributed by atoms with Crippen LogP contribution in [0.4, 0.5) is 0 Å². The molecule has 0 aliphatic carbocycles. The average Bonchev–Trinajstić information content (AvgIpc) is 2.79. The first kappa shape index (κ1) is 26.2. The van der Waals surface area contributed by atoms with Crippen LogP contribution in [0.25, 0.3) is 0 Å². The lowest BCUT2D eigenvalue weighted by atomic mass is 10.1. The standard InChI is InChI=1S/C23H34NO7P/c1-3-30-32(27,31-4-2)18-29-21-8-6-19(7-9-21)12-14-24-13-5-15-28-22-10-11-23(26)20(16-22)17-25/h6-11,16,24-26H,3-5,12-15,17-18H2,1-2H3. The highest BCUT2D eigenvalue weighted by atomic mass is 31.2. The molecule has 2 aromatic carbocycles. The van der Waals surface area contributed by atoms with Crippen LogP contribution in [0, 0.1) is 0 Å². The normalized spacial score (nSPS) is 11.5. The molecule has 0 amide bonds. The molecule has 3 N–H and O–H groups in total. The third-order valence-electron chi connectivity index (χ3n) is 4.54. The van der Waals surface area contributed by atoms with E-state index in [0.29, 0.717) is 36.9 Å². The fraction of sp³-hybridized carbons (Fsp3) is 0.478. The van der Waals surface area contributed by atoms with Crippen molar-refractivity contribution in [2.24, 2.45) is 0 Å². The smallest absolute Gasteiger partial charge is 0.367 e. The van der Waals surface area contributed by atoms with Gasteiger partial charge < -0.3 is 34.1 Å². The molecule has 0 saturated carbocycles. The van der Waals surface area contributed by atoms with E-state index in [1.54, 1.807) is 26.0 Å². The van der Waals surface area contributed by atoms with Crippen molar-refractivity contribution >= 4 is 7.60 Å². The lowest BCUT2D eigenvalue weighted by Crippen LogP contribution is -2.20. The Balaban J connectivity index is 1.62. The number of hydrogen-bond acceptors (Lipinski definition) is 8. The highest BCUT2D eigenvalue weighted by Crippen LogP contribution is 2.47. The minimum Gasteiger partial charge on any atom is -0.508 e. The Morgan fingerprint density at radius 1 is 0.938 bits per heavy atom. The molecule has 9 heteroatoms. The molecule has 0 atom stereocenters. The molecule has 0 aliphatic heterocycles. The Kier molecular flexibility index (Phi) is 11.6. The van der Waals surface area contributed by atoms with E-state index in [1.807, 2.05) is 24.3 Å². The molecular formula is C23H34NO7P. The molecule has 0 unspecified atom stereocenters. The second-order valence-corrected chi connectivity index (χ2v) is 9.01. The first-order valence-electron chi connectivity index (χ1n) is 10.9. The molecule has 2 rings (SSSR count). The van der Waals surface area contributed by atoms with Gasteiger partial charge in [0.05, 0.1) is 26.4 Å². The number of phenols is 1. The average molecular weight is 467 g/mol. The second-order valence-electron chi connectivity index (χ2n) is 7.01. The molecule has 32 heavy (non-hydrogen) atoms. The van der Waals surface area contributed by atoms with Crippen molar-refractivity contribution in [3.05, 3.63) is 53.6 Å². The number of rotatable bonds is 16. The van der Waals surface area contributed by atoms with Crippen LogP contribution in [0.3, 0.4) is 0 Å². The molecule has 0 aliphatic rings. The summed E-state index contributed by atoms with van der Waals surface area (Å²) in [6.45, 7) is 6.12. The summed E-state index contributed by atoms with van der Waals surface area (Å²) in [5.41, 5.74) is 1.62. The zero-order valence-corrected chi connectivity index (χ0v) is 19.7. The zero-order valence-electron chi connectivity index (χ0n) is 18.8. The lowest BCUT2D eigenvalue weighted by molar-refractivity contribution is 0.197. The topological polar surface area (TPSA) is 106 Å². The molecule has 0 radical (unpaired) electrons. The van der Waals surface area contributed by atoms with E-state index in [4.69, 9.17) is 23.6 Å². The number of hydrogen-bond donors (Lipinski definition) is 3. The maximum atomic E-state index is 12.4. The third kappa shape index (κ3) is 9.18. The van der Waals surface area contributed by atoms with Crippen LogP contribution in [0.1, 0.15) is 31.4 Å². The summed E-state index contributed by atoms with van der Waals surface area (Å²) < 4.78 is 34.1. The molecular weight excluding hydrogens is 433 g/mol. The largest absolute Gasteiger partial charge is 0.508 e. The van der Waals surface area contributed by atoms with Crippen LogP contribution in [0.15, 0.2) is 42.5 Å². The number of benzene rings is 2. The van der Waals surface area contributed by atoms with Crippen LogP contribution in [-0.2, 0) is 26.6 Å². The fourth-order valence-electron chi connectivity index (χ4n) is 2.93. The van der Waals surface area contributed by atoms with E-state index in [9.17, 15) is 9.67 Å². The van der Waals surface area contributed by atoms with Gasteiger partial charge in [0.25, 0.3) is 0 Å². The predicted molar refractivity (Wildman–Crippen MR) is 124 cm³/mol. The van der Waals surface area contributed by atoms with Crippen molar-refractivity contribution in [2.75, 3.05) is 39.3 Å². The van der Waals surface area contributed by atoms with Gasteiger partial charge in [-0.15, -0.1) is 0 Å². The molecule has 0 saturated heterocycles. The third-order valence-corrected chi connectivity index (χ3v) is 6.29. The summed E-state index contributed by atoms with van der Waals surface area (Å²) in [6.07, 6.45) is 1.60. The molecule has 0 spiro atoms. The van der Waals surface area contributed by atoms with Crippen molar-refractivity contribution in [3.63, 3.8) is 0 Å². The van der Waals surface area contributed by atoms with E-state index in [1.165, 1.54) is 11.6 Å². The number of nitrogens with one attached hydrogen (secondary N) is 1. The summed E-state index contributed by atoms with van der Waals surface area (Å²) in [7, 11) is -3.22. The number of ether oxygens (including phenoxy) is 2. The van der Waals surface area contributed by atoms with Crippen molar-refractivity contribution < 1.29 is 33.3 Å². The first-order chi connectivity index (χ1) is 15.5. The van der Waals surface area contributed by atoms with Crippen molar-refractivity contribution in [3.8, 4) is 17.2 Å². The minimum absolute atomic E-state index is 0.0668. The van der Waals surface area contributed by atoms with E-state index in [2.05, 4.69) is 5.32 Å². The Labute approximate surface area is 190 Å². The predicted octanol–water partition coefficient (Wildman–Crippen LogP) is 4.09. The molecule has 2 aromatic rings. The maximum absolute atomic E-state index is 12.4. The Morgan fingerprint density at radius 2 is 1.62 bits per heavy atom.